The summed E-state index contributed by atoms with van der Waals surface area (Å²) in [4.78, 5) is 23.3. The molecule has 0 spiro atoms. The van der Waals surface area contributed by atoms with Gasteiger partial charge in [0.05, 0.1) is 12.8 Å². The highest BCUT2D eigenvalue weighted by atomic mass is 16.3. The van der Waals surface area contributed by atoms with Crippen LogP contribution in [0.2, 0.25) is 0 Å². The van der Waals surface area contributed by atoms with Crippen LogP contribution in [0.1, 0.15) is 41.8 Å². The van der Waals surface area contributed by atoms with E-state index in [1.165, 1.54) is 0 Å². The number of hydrogen-bond acceptors (Lipinski definition) is 5. The summed E-state index contributed by atoms with van der Waals surface area (Å²) >= 11 is 0. The summed E-state index contributed by atoms with van der Waals surface area (Å²) in [5.41, 5.74) is 0.401. The van der Waals surface area contributed by atoms with Gasteiger partial charge in [0.1, 0.15) is 23.1 Å². The number of piperidine rings is 1. The van der Waals surface area contributed by atoms with Gasteiger partial charge in [0.2, 0.25) is 0 Å². The van der Waals surface area contributed by atoms with Crippen LogP contribution in [0.3, 0.4) is 0 Å². The van der Waals surface area contributed by atoms with Crippen LogP contribution in [-0.4, -0.2) is 29.0 Å². The van der Waals surface area contributed by atoms with Crippen molar-refractivity contribution in [2.45, 2.75) is 33.2 Å². The van der Waals surface area contributed by atoms with E-state index in [4.69, 9.17) is 4.42 Å². The first-order valence-electron chi connectivity index (χ1n) is 8.03. The molecule has 1 amide bonds. The van der Waals surface area contributed by atoms with Gasteiger partial charge in [-0.1, -0.05) is 6.92 Å². The monoisotopic (exact) mass is 314 g/mol. The van der Waals surface area contributed by atoms with E-state index in [9.17, 15) is 4.79 Å². The number of carbonyl (C=O) groups is 1. The van der Waals surface area contributed by atoms with Crippen LogP contribution in [0, 0.1) is 12.8 Å². The van der Waals surface area contributed by atoms with Gasteiger partial charge in [-0.3, -0.25) is 4.79 Å². The molecular formula is C17H22N4O2. The Morgan fingerprint density at radius 3 is 2.87 bits per heavy atom. The fourth-order valence-corrected chi connectivity index (χ4v) is 2.74. The molecule has 2 aromatic heterocycles. The van der Waals surface area contributed by atoms with E-state index in [1.807, 2.05) is 13.0 Å². The molecule has 0 bridgehead atoms. The van der Waals surface area contributed by atoms with E-state index in [2.05, 4.69) is 27.1 Å². The summed E-state index contributed by atoms with van der Waals surface area (Å²) in [6, 6.07) is 5.40. The SMILES string of the molecule is Cc1nc(C(=O)NCc2ccco2)cc(N2CCC(C)CC2)n1. The van der Waals surface area contributed by atoms with Gasteiger partial charge >= 0.3 is 0 Å². The van der Waals surface area contributed by atoms with E-state index in [1.54, 1.807) is 18.4 Å². The highest BCUT2D eigenvalue weighted by Crippen LogP contribution is 2.21. The minimum Gasteiger partial charge on any atom is -0.467 e. The third-order valence-corrected chi connectivity index (χ3v) is 4.17. The van der Waals surface area contributed by atoms with Crippen molar-refractivity contribution >= 4 is 11.7 Å². The summed E-state index contributed by atoms with van der Waals surface area (Å²) in [6.45, 7) is 6.40. The number of anilines is 1. The number of rotatable bonds is 4. The number of nitrogens with one attached hydrogen (secondary N) is 1. The van der Waals surface area contributed by atoms with Crippen molar-refractivity contribution in [3.8, 4) is 0 Å². The third kappa shape index (κ3) is 3.88. The van der Waals surface area contributed by atoms with Gasteiger partial charge in [-0.25, -0.2) is 9.97 Å². The molecule has 0 radical (unpaired) electrons. The lowest BCUT2D eigenvalue weighted by molar-refractivity contribution is 0.0942. The Hall–Kier alpha value is -2.37. The Morgan fingerprint density at radius 1 is 1.39 bits per heavy atom. The molecule has 0 atom stereocenters. The van der Waals surface area contributed by atoms with Crippen LogP contribution in [0.4, 0.5) is 5.82 Å². The van der Waals surface area contributed by atoms with Crippen molar-refractivity contribution in [1.29, 1.82) is 0 Å². The van der Waals surface area contributed by atoms with E-state index in [0.717, 1.165) is 43.4 Å². The molecule has 1 fully saturated rings. The first-order valence-corrected chi connectivity index (χ1v) is 8.03. The zero-order valence-electron chi connectivity index (χ0n) is 13.6. The van der Waals surface area contributed by atoms with Gasteiger partial charge in [0, 0.05) is 19.2 Å². The lowest BCUT2D eigenvalue weighted by Gasteiger charge is -2.31. The summed E-state index contributed by atoms with van der Waals surface area (Å²) in [6.07, 6.45) is 3.90. The van der Waals surface area contributed by atoms with E-state index >= 15 is 0 Å². The van der Waals surface area contributed by atoms with E-state index in [-0.39, 0.29) is 5.91 Å². The second kappa shape index (κ2) is 6.81. The van der Waals surface area contributed by atoms with Crippen LogP contribution in [0.15, 0.2) is 28.9 Å². The van der Waals surface area contributed by atoms with E-state index < -0.39 is 0 Å². The lowest BCUT2D eigenvalue weighted by atomic mass is 9.99. The van der Waals surface area contributed by atoms with Gasteiger partial charge in [-0.2, -0.15) is 0 Å². The normalized spacial score (nSPS) is 15.7. The van der Waals surface area contributed by atoms with E-state index in [0.29, 0.717) is 18.1 Å². The molecule has 0 saturated carbocycles. The van der Waals surface area contributed by atoms with Gasteiger partial charge in [-0.05, 0) is 37.8 Å². The zero-order chi connectivity index (χ0) is 16.2. The summed E-state index contributed by atoms with van der Waals surface area (Å²) in [5, 5.41) is 2.82. The number of hydrogen-bond donors (Lipinski definition) is 1. The Labute approximate surface area is 135 Å². The molecule has 0 aromatic carbocycles. The molecule has 3 rings (SSSR count). The van der Waals surface area contributed by atoms with Crippen molar-refractivity contribution in [2.75, 3.05) is 18.0 Å². The average molecular weight is 314 g/mol. The molecule has 1 N–H and O–H groups in total. The second-order valence-electron chi connectivity index (χ2n) is 6.09. The Kier molecular flexibility index (Phi) is 4.60. The second-order valence-corrected chi connectivity index (χ2v) is 6.09. The van der Waals surface area contributed by atoms with Crippen molar-refractivity contribution in [1.82, 2.24) is 15.3 Å². The predicted octanol–water partition coefficient (Wildman–Crippen LogP) is 2.54. The Morgan fingerprint density at radius 2 is 2.17 bits per heavy atom. The quantitative estimate of drug-likeness (QED) is 0.939. The molecule has 3 heterocycles. The molecule has 6 nitrogen and oxygen atoms in total. The molecule has 122 valence electrons. The van der Waals surface area contributed by atoms with Crippen molar-refractivity contribution in [3.63, 3.8) is 0 Å². The minimum atomic E-state index is -0.210. The maximum atomic E-state index is 12.3. The standard InChI is InChI=1S/C17H22N4O2/c1-12-5-7-21(8-6-12)16-10-15(19-13(2)20-16)17(22)18-11-14-4-3-9-23-14/h3-4,9-10,12H,5-8,11H2,1-2H3,(H,18,22). The number of amides is 1. The number of aryl methyl sites for hydroxylation is 1. The maximum Gasteiger partial charge on any atom is 0.270 e. The number of aromatic nitrogens is 2. The molecule has 1 saturated heterocycles. The number of nitrogens with zero attached hydrogens (tertiary/aromatic N) is 3. The average Bonchev–Trinajstić information content (AvgIpc) is 3.06. The smallest absolute Gasteiger partial charge is 0.270 e. The summed E-state index contributed by atoms with van der Waals surface area (Å²) < 4.78 is 5.22. The van der Waals surface area contributed by atoms with Crippen LogP contribution in [0.5, 0.6) is 0 Å². The fourth-order valence-electron chi connectivity index (χ4n) is 2.74. The maximum absolute atomic E-state index is 12.3. The molecular weight excluding hydrogens is 292 g/mol. The fraction of sp³-hybridized carbons (Fsp3) is 0.471. The van der Waals surface area contributed by atoms with Gasteiger partial charge in [0.15, 0.2) is 0 Å². The number of carbonyl (C=O) groups excluding carboxylic acids is 1. The van der Waals surface area contributed by atoms with Crippen LogP contribution in [-0.2, 0) is 6.54 Å². The van der Waals surface area contributed by atoms with Gasteiger partial charge in [-0.15, -0.1) is 0 Å². The molecule has 1 aliphatic heterocycles. The summed E-state index contributed by atoms with van der Waals surface area (Å²) in [7, 11) is 0. The van der Waals surface area contributed by atoms with Crippen LogP contribution < -0.4 is 10.2 Å². The molecule has 1 aliphatic rings. The van der Waals surface area contributed by atoms with Gasteiger partial charge < -0.3 is 14.6 Å². The largest absolute Gasteiger partial charge is 0.467 e. The topological polar surface area (TPSA) is 71.3 Å². The first kappa shape index (κ1) is 15.5. The third-order valence-electron chi connectivity index (χ3n) is 4.17. The van der Waals surface area contributed by atoms with Crippen molar-refractivity contribution < 1.29 is 9.21 Å². The Bertz CT molecular complexity index is 661. The minimum absolute atomic E-state index is 0.210. The van der Waals surface area contributed by atoms with Crippen molar-refractivity contribution in [3.05, 3.63) is 41.7 Å². The molecule has 6 heteroatoms. The van der Waals surface area contributed by atoms with Crippen molar-refractivity contribution in [2.24, 2.45) is 5.92 Å². The molecule has 0 aliphatic carbocycles. The van der Waals surface area contributed by atoms with Crippen LogP contribution in [0.25, 0.3) is 0 Å². The molecule has 23 heavy (non-hydrogen) atoms. The Balaban J connectivity index is 1.70. The lowest BCUT2D eigenvalue weighted by Crippen LogP contribution is -2.34. The van der Waals surface area contributed by atoms with Gasteiger partial charge in [0.25, 0.3) is 5.91 Å². The predicted molar refractivity (Wildman–Crippen MR) is 87.3 cm³/mol. The zero-order valence-corrected chi connectivity index (χ0v) is 13.6. The highest BCUT2D eigenvalue weighted by molar-refractivity contribution is 5.92. The first-order chi connectivity index (χ1) is 11.1. The highest BCUT2D eigenvalue weighted by Gasteiger charge is 2.19. The van der Waals surface area contributed by atoms with Crippen LogP contribution >= 0.6 is 0 Å². The number of furan rings is 1. The summed E-state index contributed by atoms with van der Waals surface area (Å²) in [5.74, 6) is 2.72. The molecule has 0 unspecified atom stereocenters. The molecule has 2 aromatic rings.